The molecule has 0 aliphatic rings. The van der Waals surface area contributed by atoms with E-state index in [2.05, 4.69) is 124 Å². The Bertz CT molecular complexity index is 1320. The molecule has 34 heavy (non-hydrogen) atoms. The fourth-order valence-electron chi connectivity index (χ4n) is 4.12. The molecule has 0 aliphatic carbocycles. The summed E-state index contributed by atoms with van der Waals surface area (Å²) < 4.78 is 0. The molecule has 0 N–H and O–H groups in total. The summed E-state index contributed by atoms with van der Waals surface area (Å²) in [4.78, 5) is 0. The zero-order valence-electron chi connectivity index (χ0n) is 20.0. The van der Waals surface area contributed by atoms with E-state index in [1.54, 1.807) is 0 Å². The van der Waals surface area contributed by atoms with E-state index < -0.39 is 0 Å². The van der Waals surface area contributed by atoms with Crippen molar-refractivity contribution < 1.29 is 47.8 Å². The van der Waals surface area contributed by atoms with Gasteiger partial charge in [0.25, 0.3) is 0 Å². The van der Waals surface area contributed by atoms with E-state index in [1.165, 1.54) is 77.2 Å². The Morgan fingerprint density at radius 3 is 1.15 bits per heavy atom. The van der Waals surface area contributed by atoms with Gasteiger partial charge < -0.3 is 24.8 Å². The second-order valence-corrected chi connectivity index (χ2v) is 21.5. The molecule has 0 spiro atoms. The standard InChI is InChI=1S/2C14H11.C2H6Si.2ClH.Hf/c2*1-10-6-13-8-11-4-2-3-5-12(11)9-14(13)7-10;1-3-2;;;/h2*2-9H,1H3;1-2H3;2*1H;/q2*-1;;;;+2/p-2. The second kappa shape index (κ2) is 12.8. The quantitative estimate of drug-likeness (QED) is 0.173. The van der Waals surface area contributed by atoms with Crippen LogP contribution in [0.3, 0.4) is 0 Å². The van der Waals surface area contributed by atoms with Gasteiger partial charge in [-0.05, 0) is 10.8 Å². The van der Waals surface area contributed by atoms with Gasteiger partial charge in [0.1, 0.15) is 0 Å². The zero-order chi connectivity index (χ0) is 22.7. The Hall–Kier alpha value is -1.71. The van der Waals surface area contributed by atoms with Crippen LogP contribution in [0.15, 0.2) is 97.1 Å². The van der Waals surface area contributed by atoms with Crippen molar-refractivity contribution in [2.75, 3.05) is 0 Å². The summed E-state index contributed by atoms with van der Waals surface area (Å²) in [5.41, 5.74) is 2.95. The molecule has 6 rings (SSSR count). The number of hydrogen-bond donors (Lipinski definition) is 0. The first-order valence-corrected chi connectivity index (χ1v) is 18.9. The van der Waals surface area contributed by atoms with Crippen LogP contribution in [0, 0.1) is 13.8 Å². The Morgan fingerprint density at radius 2 is 0.824 bits per heavy atom. The number of rotatable bonds is 0. The number of benzene rings is 4. The molecular weight excluding hydrogens is 638 g/mol. The van der Waals surface area contributed by atoms with Gasteiger partial charge in [-0.3, -0.25) is 0 Å². The summed E-state index contributed by atoms with van der Waals surface area (Å²) >= 11 is 1.45. The summed E-state index contributed by atoms with van der Waals surface area (Å²) in [6.45, 7) is 8.95. The summed E-state index contributed by atoms with van der Waals surface area (Å²) in [5, 5.41) is 10.7. The molecule has 0 saturated heterocycles. The molecular formula is C30H28Cl2HfSi-2. The van der Waals surface area contributed by atoms with E-state index in [0.717, 1.165) is 0 Å². The van der Waals surface area contributed by atoms with Crippen molar-refractivity contribution in [3.63, 3.8) is 0 Å². The van der Waals surface area contributed by atoms with Crippen molar-refractivity contribution in [3.8, 4) is 0 Å². The van der Waals surface area contributed by atoms with Gasteiger partial charge in [0.05, 0.1) is 0 Å². The second-order valence-electron chi connectivity index (χ2n) is 8.72. The molecule has 6 aromatic carbocycles. The van der Waals surface area contributed by atoms with Gasteiger partial charge in [0.2, 0.25) is 0 Å². The van der Waals surface area contributed by atoms with Gasteiger partial charge in [-0.15, -0.1) is 56.9 Å². The van der Waals surface area contributed by atoms with Crippen LogP contribution < -0.4 is 24.8 Å². The fourth-order valence-corrected chi connectivity index (χ4v) is 4.12. The van der Waals surface area contributed by atoms with E-state index in [-0.39, 0.29) is 30.3 Å². The van der Waals surface area contributed by atoms with Gasteiger partial charge in [0.15, 0.2) is 0 Å². The minimum atomic E-state index is 0. The first-order chi connectivity index (χ1) is 15.4. The van der Waals surface area contributed by atoms with Crippen LogP contribution in [0.25, 0.3) is 43.1 Å². The molecule has 0 unspecified atom stereocenters. The van der Waals surface area contributed by atoms with Crippen LogP contribution in [-0.2, 0) is 23.0 Å². The summed E-state index contributed by atoms with van der Waals surface area (Å²) in [6, 6.07) is 35.0. The largest absolute Gasteiger partial charge is 1.00 e. The third-order valence-electron chi connectivity index (χ3n) is 5.44. The molecule has 0 aliphatic heterocycles. The van der Waals surface area contributed by atoms with E-state index in [1.807, 2.05) is 0 Å². The maximum absolute atomic E-state index is 2.33. The number of aryl methyl sites for hydroxylation is 2. The van der Waals surface area contributed by atoms with Crippen molar-refractivity contribution in [3.05, 3.63) is 108 Å². The Kier molecular flexibility index (Phi) is 10.8. The predicted molar refractivity (Wildman–Crippen MR) is 141 cm³/mol. The molecule has 0 bridgehead atoms. The Labute approximate surface area is 230 Å². The summed E-state index contributed by atoms with van der Waals surface area (Å²) in [7, 11) is 0. The van der Waals surface area contributed by atoms with E-state index in [9.17, 15) is 0 Å². The molecule has 0 saturated carbocycles. The van der Waals surface area contributed by atoms with Gasteiger partial charge in [-0.1, -0.05) is 85.3 Å². The number of fused-ring (bicyclic) bond motifs is 4. The van der Waals surface area contributed by atoms with Crippen molar-refractivity contribution in [2.24, 2.45) is 0 Å². The molecule has 6 aromatic rings. The van der Waals surface area contributed by atoms with E-state index in [4.69, 9.17) is 0 Å². The average Bonchev–Trinajstić information content (AvgIpc) is 3.29. The van der Waals surface area contributed by atoms with Crippen LogP contribution in [0.2, 0.25) is 13.1 Å². The molecule has 0 fully saturated rings. The summed E-state index contributed by atoms with van der Waals surface area (Å²) in [5.74, 6) is 0. The molecule has 0 amide bonds. The maximum atomic E-state index is 2.33. The fraction of sp³-hybridized carbons (Fsp3) is 0.133. The third kappa shape index (κ3) is 7.15. The minimum Gasteiger partial charge on any atom is -1.00 e. The monoisotopic (exact) mass is 666 g/mol. The van der Waals surface area contributed by atoms with Crippen molar-refractivity contribution >= 4 is 48.6 Å². The van der Waals surface area contributed by atoms with E-state index >= 15 is 0 Å². The Morgan fingerprint density at radius 1 is 0.529 bits per heavy atom. The molecule has 172 valence electrons. The van der Waals surface area contributed by atoms with Crippen molar-refractivity contribution in [1.29, 1.82) is 0 Å². The van der Waals surface area contributed by atoms with Crippen molar-refractivity contribution in [2.45, 2.75) is 26.9 Å². The smallest absolute Gasteiger partial charge is 0.0370 e. The van der Waals surface area contributed by atoms with Crippen LogP contribution in [-0.4, -0.2) is 5.49 Å². The average molecular weight is 666 g/mol. The van der Waals surface area contributed by atoms with Crippen molar-refractivity contribution in [1.82, 2.24) is 0 Å². The molecule has 4 heteroatoms. The number of halogens is 2. The third-order valence-corrected chi connectivity index (χ3v) is 5.44. The van der Waals surface area contributed by atoms with Crippen LogP contribution in [0.1, 0.15) is 11.1 Å². The van der Waals surface area contributed by atoms with E-state index in [0.29, 0.717) is 0 Å². The topological polar surface area (TPSA) is 0 Å². The van der Waals surface area contributed by atoms with Gasteiger partial charge in [-0.25, -0.2) is 0 Å². The predicted octanol–water partition coefficient (Wildman–Crippen LogP) is 2.83. The maximum Gasteiger partial charge on any atom is -0.0370 e. The summed E-state index contributed by atoms with van der Waals surface area (Å²) in [6.07, 6.45) is 0. The normalized spacial score (nSPS) is 10.1. The van der Waals surface area contributed by atoms with Gasteiger partial charge >= 0.3 is 41.6 Å². The van der Waals surface area contributed by atoms with Gasteiger partial charge in [0, 0.05) is 0 Å². The molecule has 0 radical (unpaired) electrons. The first kappa shape index (κ1) is 28.5. The SMILES string of the molecule is C[Si](C)=[Hf+2].Cc1cc2cc3ccccc3cc2[cH-]1.Cc1cc2cc3ccccc3cc2[cH-]1.[Cl-].[Cl-]. The molecule has 0 heterocycles. The van der Waals surface area contributed by atoms with Gasteiger partial charge in [-0.2, -0.15) is 12.1 Å². The first-order valence-electron chi connectivity index (χ1n) is 11.0. The minimum absolute atomic E-state index is 0. The Balaban J connectivity index is 0.000000198. The molecule has 0 aromatic heterocycles. The van der Waals surface area contributed by atoms with Crippen LogP contribution in [0.4, 0.5) is 0 Å². The zero-order valence-corrected chi connectivity index (χ0v) is 26.1. The molecule has 0 atom stereocenters. The molecule has 0 nitrogen and oxygen atoms in total. The van der Waals surface area contributed by atoms with Crippen LogP contribution >= 0.6 is 0 Å². The number of hydrogen-bond acceptors (Lipinski definition) is 0. The van der Waals surface area contributed by atoms with Crippen LogP contribution in [0.5, 0.6) is 0 Å².